The third kappa shape index (κ3) is 3.33. The molecule has 0 aromatic heterocycles. The van der Waals surface area contributed by atoms with Gasteiger partial charge in [0.1, 0.15) is 11.9 Å². The molecule has 2 N–H and O–H groups in total. The highest BCUT2D eigenvalue weighted by Crippen LogP contribution is 2.26. The van der Waals surface area contributed by atoms with Gasteiger partial charge in [0.2, 0.25) is 0 Å². The van der Waals surface area contributed by atoms with Crippen LogP contribution in [-0.2, 0) is 9.53 Å². The van der Waals surface area contributed by atoms with Gasteiger partial charge in [-0.3, -0.25) is 4.79 Å². The van der Waals surface area contributed by atoms with Crippen molar-refractivity contribution in [3.63, 3.8) is 0 Å². The second-order valence-electron chi connectivity index (χ2n) is 5.41. The molecule has 21 heavy (non-hydrogen) atoms. The van der Waals surface area contributed by atoms with Crippen LogP contribution in [0.2, 0.25) is 0 Å². The molecule has 1 amide bonds. The van der Waals surface area contributed by atoms with E-state index in [1.165, 1.54) is 6.07 Å². The van der Waals surface area contributed by atoms with E-state index in [0.717, 1.165) is 32.5 Å². The molecule has 0 aliphatic carbocycles. The van der Waals surface area contributed by atoms with Crippen LogP contribution in [0.3, 0.4) is 0 Å². The molecule has 1 aromatic rings. The van der Waals surface area contributed by atoms with E-state index in [1.807, 2.05) is 4.90 Å². The predicted octanol–water partition coefficient (Wildman–Crippen LogP) is 1.35. The topological polar surface area (TPSA) is 53.6 Å². The van der Waals surface area contributed by atoms with Crippen LogP contribution < -0.4 is 15.5 Å². The zero-order valence-electron chi connectivity index (χ0n) is 11.9. The highest BCUT2D eigenvalue weighted by atomic mass is 19.1. The maximum absolute atomic E-state index is 14.2. The van der Waals surface area contributed by atoms with Crippen molar-refractivity contribution in [2.45, 2.75) is 18.9 Å². The molecule has 2 heterocycles. The van der Waals surface area contributed by atoms with Gasteiger partial charge in [-0.2, -0.15) is 0 Å². The van der Waals surface area contributed by atoms with Gasteiger partial charge < -0.3 is 20.3 Å². The van der Waals surface area contributed by atoms with Crippen LogP contribution in [0.1, 0.15) is 12.8 Å². The molecule has 0 radical (unpaired) electrons. The highest BCUT2D eigenvalue weighted by Gasteiger charge is 2.22. The number of ether oxygens (including phenoxy) is 1. The Morgan fingerprint density at radius 2 is 2.19 bits per heavy atom. The number of nitrogens with zero attached hydrogens (tertiary/aromatic N) is 1. The van der Waals surface area contributed by atoms with Gasteiger partial charge in [0.15, 0.2) is 0 Å². The van der Waals surface area contributed by atoms with Gasteiger partial charge in [-0.1, -0.05) is 0 Å². The van der Waals surface area contributed by atoms with E-state index in [9.17, 15) is 9.18 Å². The quantitative estimate of drug-likeness (QED) is 0.883. The van der Waals surface area contributed by atoms with Crippen molar-refractivity contribution >= 4 is 17.3 Å². The lowest BCUT2D eigenvalue weighted by Crippen LogP contribution is -2.45. The third-order valence-electron chi connectivity index (χ3n) is 3.88. The van der Waals surface area contributed by atoms with Crippen molar-refractivity contribution in [1.29, 1.82) is 0 Å². The van der Waals surface area contributed by atoms with Crippen LogP contribution in [0.25, 0.3) is 0 Å². The first kappa shape index (κ1) is 14.3. The summed E-state index contributed by atoms with van der Waals surface area (Å²) in [5.74, 6) is -0.534. The van der Waals surface area contributed by atoms with Gasteiger partial charge in [-0.25, -0.2) is 4.39 Å². The van der Waals surface area contributed by atoms with Crippen LogP contribution in [0.4, 0.5) is 15.8 Å². The average molecular weight is 293 g/mol. The predicted molar refractivity (Wildman–Crippen MR) is 79.1 cm³/mol. The number of amides is 1. The minimum atomic E-state index is -0.514. The first-order chi connectivity index (χ1) is 10.2. The summed E-state index contributed by atoms with van der Waals surface area (Å²) in [6, 6.07) is 4.85. The summed E-state index contributed by atoms with van der Waals surface area (Å²) in [4.78, 5) is 14.0. The summed E-state index contributed by atoms with van der Waals surface area (Å²) in [7, 11) is 0. The fourth-order valence-electron chi connectivity index (χ4n) is 2.76. The molecule has 114 valence electrons. The molecule has 5 nitrogen and oxygen atoms in total. The van der Waals surface area contributed by atoms with E-state index in [2.05, 4.69) is 10.6 Å². The summed E-state index contributed by atoms with van der Waals surface area (Å²) in [6.07, 6.45) is 1.69. The van der Waals surface area contributed by atoms with E-state index in [4.69, 9.17) is 4.74 Å². The van der Waals surface area contributed by atoms with Crippen LogP contribution in [0, 0.1) is 5.82 Å². The van der Waals surface area contributed by atoms with Gasteiger partial charge >= 0.3 is 0 Å². The van der Waals surface area contributed by atoms with Crippen LogP contribution >= 0.6 is 0 Å². The van der Waals surface area contributed by atoms with Gasteiger partial charge in [0.05, 0.1) is 12.3 Å². The van der Waals surface area contributed by atoms with Crippen molar-refractivity contribution in [2.75, 3.05) is 43.0 Å². The maximum atomic E-state index is 14.2. The number of halogens is 1. The Labute approximate surface area is 123 Å². The van der Waals surface area contributed by atoms with Crippen molar-refractivity contribution in [1.82, 2.24) is 5.32 Å². The Morgan fingerprint density at radius 3 is 2.86 bits per heavy atom. The van der Waals surface area contributed by atoms with E-state index in [0.29, 0.717) is 24.5 Å². The zero-order chi connectivity index (χ0) is 14.7. The molecular weight excluding hydrogens is 273 g/mol. The molecule has 1 atom stereocenters. The Morgan fingerprint density at radius 1 is 1.38 bits per heavy atom. The molecule has 2 saturated heterocycles. The van der Waals surface area contributed by atoms with Crippen molar-refractivity contribution in [3.8, 4) is 0 Å². The Kier molecular flexibility index (Phi) is 4.36. The second kappa shape index (κ2) is 6.41. The first-order valence-electron chi connectivity index (χ1n) is 7.42. The molecule has 2 aliphatic rings. The number of carbonyl (C=O) groups is 1. The third-order valence-corrected chi connectivity index (χ3v) is 3.88. The Hall–Kier alpha value is -1.66. The molecule has 3 rings (SSSR count). The van der Waals surface area contributed by atoms with Crippen LogP contribution in [0.15, 0.2) is 18.2 Å². The minimum Gasteiger partial charge on any atom is -0.369 e. The van der Waals surface area contributed by atoms with E-state index >= 15 is 0 Å². The van der Waals surface area contributed by atoms with Gasteiger partial charge in [-0.15, -0.1) is 0 Å². The smallest absolute Gasteiger partial charge is 0.254 e. The average Bonchev–Trinajstić information content (AvgIpc) is 3.02. The summed E-state index contributed by atoms with van der Waals surface area (Å²) >= 11 is 0. The number of hydrogen-bond acceptors (Lipinski definition) is 4. The fraction of sp³-hybridized carbons (Fsp3) is 0.533. The molecular formula is C15H20FN3O2. The molecule has 0 saturated carbocycles. The number of nitrogens with one attached hydrogen (secondary N) is 2. The summed E-state index contributed by atoms with van der Waals surface area (Å²) < 4.78 is 19.5. The van der Waals surface area contributed by atoms with Crippen molar-refractivity contribution in [2.24, 2.45) is 0 Å². The molecule has 2 aliphatic heterocycles. The monoisotopic (exact) mass is 293 g/mol. The van der Waals surface area contributed by atoms with Crippen LogP contribution in [-0.4, -0.2) is 44.8 Å². The number of carbonyl (C=O) groups excluding carboxylic acids is 1. The van der Waals surface area contributed by atoms with E-state index in [-0.39, 0.29) is 11.7 Å². The maximum Gasteiger partial charge on any atom is 0.254 e. The SMILES string of the molecule is O=C(Nc1ccc(N2CCCC2)c(F)c1)C1CNCCO1. The standard InChI is InChI=1S/C15H20FN3O2/c16-12-9-11(3-4-13(12)19-6-1-2-7-19)18-15(20)14-10-17-5-8-21-14/h3-4,9,14,17H,1-2,5-8,10H2,(H,18,20). The highest BCUT2D eigenvalue weighted by molar-refractivity contribution is 5.94. The Balaban J connectivity index is 1.65. The normalized spacial score (nSPS) is 22.3. The number of anilines is 2. The lowest BCUT2D eigenvalue weighted by atomic mass is 10.2. The van der Waals surface area contributed by atoms with E-state index < -0.39 is 6.10 Å². The largest absolute Gasteiger partial charge is 0.369 e. The zero-order valence-corrected chi connectivity index (χ0v) is 11.9. The summed E-state index contributed by atoms with van der Waals surface area (Å²) in [5.41, 5.74) is 1.08. The lowest BCUT2D eigenvalue weighted by Gasteiger charge is -2.23. The van der Waals surface area contributed by atoms with Crippen molar-refractivity contribution in [3.05, 3.63) is 24.0 Å². The summed E-state index contributed by atoms with van der Waals surface area (Å²) in [6.45, 7) is 3.54. The lowest BCUT2D eigenvalue weighted by molar-refractivity contribution is -0.128. The van der Waals surface area contributed by atoms with Crippen molar-refractivity contribution < 1.29 is 13.9 Å². The first-order valence-corrected chi connectivity index (χ1v) is 7.42. The number of rotatable bonds is 3. The van der Waals surface area contributed by atoms with Gasteiger partial charge in [0, 0.05) is 31.9 Å². The van der Waals surface area contributed by atoms with Crippen LogP contribution in [0.5, 0.6) is 0 Å². The Bertz CT molecular complexity index is 512. The molecule has 0 spiro atoms. The number of hydrogen-bond donors (Lipinski definition) is 2. The van der Waals surface area contributed by atoms with E-state index in [1.54, 1.807) is 12.1 Å². The molecule has 1 aromatic carbocycles. The summed E-state index contributed by atoms with van der Waals surface area (Å²) in [5, 5.41) is 5.80. The minimum absolute atomic E-state index is 0.240. The fourth-order valence-corrected chi connectivity index (χ4v) is 2.76. The number of benzene rings is 1. The molecule has 2 fully saturated rings. The number of morpholine rings is 1. The molecule has 1 unspecified atom stereocenters. The second-order valence-corrected chi connectivity index (χ2v) is 5.41. The van der Waals surface area contributed by atoms with Gasteiger partial charge in [-0.05, 0) is 31.0 Å². The molecule has 6 heteroatoms. The van der Waals surface area contributed by atoms with Gasteiger partial charge in [0.25, 0.3) is 5.91 Å². The molecule has 0 bridgehead atoms.